The highest BCUT2D eigenvalue weighted by atomic mass is 32.1. The zero-order valence-electron chi connectivity index (χ0n) is 5.11. The van der Waals surface area contributed by atoms with Gasteiger partial charge in [-0.1, -0.05) is 0 Å². The normalized spacial score (nSPS) is 10.4. The van der Waals surface area contributed by atoms with Gasteiger partial charge in [0.05, 0.1) is 15.7 Å². The number of hydrogen-bond acceptors (Lipinski definition) is 4. The molecule has 4 heteroatoms. The summed E-state index contributed by atoms with van der Waals surface area (Å²) in [6.45, 7) is 0. The van der Waals surface area contributed by atoms with Gasteiger partial charge in [0.25, 0.3) is 0 Å². The quantitative estimate of drug-likeness (QED) is 0.617. The lowest BCUT2D eigenvalue weighted by molar-refractivity contribution is 1.36. The highest BCUT2D eigenvalue weighted by Gasteiger charge is 1.98. The van der Waals surface area contributed by atoms with E-state index in [0.29, 0.717) is 5.82 Å². The summed E-state index contributed by atoms with van der Waals surface area (Å²) >= 11 is 1.52. The maximum Gasteiger partial charge on any atom is 0.143 e. The molecule has 0 saturated heterocycles. The van der Waals surface area contributed by atoms with Gasteiger partial charge in [-0.15, -0.1) is 11.3 Å². The van der Waals surface area contributed by atoms with E-state index in [4.69, 9.17) is 5.73 Å². The highest BCUT2D eigenvalue weighted by molar-refractivity contribution is 7.17. The van der Waals surface area contributed by atoms with Crippen LogP contribution in [0.1, 0.15) is 0 Å². The molecule has 0 aliphatic rings. The predicted molar refractivity (Wildman–Crippen MR) is 41.8 cm³/mol. The summed E-state index contributed by atoms with van der Waals surface area (Å²) in [6.07, 6.45) is 1.66. The molecule has 0 spiro atoms. The number of nitrogens with zero attached hydrogens (tertiary/aromatic N) is 2. The van der Waals surface area contributed by atoms with Gasteiger partial charge < -0.3 is 5.73 Å². The van der Waals surface area contributed by atoms with E-state index >= 15 is 0 Å². The molecular weight excluding hydrogens is 146 g/mol. The van der Waals surface area contributed by atoms with Crippen LogP contribution in [0.3, 0.4) is 0 Å². The Labute approximate surface area is 61.5 Å². The molecular formula is C6H5N3S. The second kappa shape index (κ2) is 1.91. The zero-order valence-corrected chi connectivity index (χ0v) is 5.93. The van der Waals surface area contributed by atoms with Crippen LogP contribution in [0.25, 0.3) is 10.2 Å². The van der Waals surface area contributed by atoms with Crippen molar-refractivity contribution in [3.63, 3.8) is 0 Å². The topological polar surface area (TPSA) is 51.8 Å². The largest absolute Gasteiger partial charge is 0.382 e. The standard InChI is InChI=1S/C6H5N3S/c7-6-5-4(1-2-8-6)9-3-10-5/h1-3H,(H2,7,8). The third kappa shape index (κ3) is 0.657. The first kappa shape index (κ1) is 5.61. The van der Waals surface area contributed by atoms with Crippen molar-refractivity contribution in [2.75, 3.05) is 5.73 Å². The average molecular weight is 151 g/mol. The van der Waals surface area contributed by atoms with Gasteiger partial charge in [-0.25, -0.2) is 9.97 Å². The molecule has 0 bridgehead atoms. The Balaban J connectivity index is 2.95. The van der Waals surface area contributed by atoms with Crippen molar-refractivity contribution < 1.29 is 0 Å². The Hall–Kier alpha value is -1.16. The van der Waals surface area contributed by atoms with Crippen molar-refractivity contribution >= 4 is 27.4 Å². The zero-order chi connectivity index (χ0) is 6.97. The number of fused-ring (bicyclic) bond motifs is 1. The summed E-state index contributed by atoms with van der Waals surface area (Å²) < 4.78 is 0.975. The van der Waals surface area contributed by atoms with Crippen LogP contribution in [0.15, 0.2) is 17.8 Å². The number of anilines is 1. The molecule has 0 atom stereocenters. The molecule has 0 amide bonds. The van der Waals surface area contributed by atoms with Crippen LogP contribution in [0.4, 0.5) is 5.82 Å². The van der Waals surface area contributed by atoms with E-state index in [-0.39, 0.29) is 0 Å². The lowest BCUT2D eigenvalue weighted by atomic mass is 10.4. The van der Waals surface area contributed by atoms with E-state index in [9.17, 15) is 0 Å². The maximum absolute atomic E-state index is 5.56. The maximum atomic E-state index is 5.56. The highest BCUT2D eigenvalue weighted by Crippen LogP contribution is 2.20. The number of hydrogen-bond donors (Lipinski definition) is 1. The molecule has 2 aromatic heterocycles. The Morgan fingerprint density at radius 2 is 2.30 bits per heavy atom. The number of nitrogens with two attached hydrogens (primary N) is 1. The van der Waals surface area contributed by atoms with Crippen molar-refractivity contribution in [1.82, 2.24) is 9.97 Å². The molecule has 10 heavy (non-hydrogen) atoms. The average Bonchev–Trinajstić information content (AvgIpc) is 2.36. The fourth-order valence-electron chi connectivity index (χ4n) is 0.812. The Morgan fingerprint density at radius 1 is 1.40 bits per heavy atom. The van der Waals surface area contributed by atoms with E-state index in [2.05, 4.69) is 9.97 Å². The molecule has 0 saturated carbocycles. The molecule has 0 aromatic carbocycles. The summed E-state index contributed by atoms with van der Waals surface area (Å²) in [4.78, 5) is 8.01. The fourth-order valence-corrected chi connectivity index (χ4v) is 1.50. The van der Waals surface area contributed by atoms with Gasteiger partial charge in [0.2, 0.25) is 0 Å². The first-order valence-corrected chi connectivity index (χ1v) is 3.69. The van der Waals surface area contributed by atoms with Gasteiger partial charge >= 0.3 is 0 Å². The molecule has 0 aliphatic heterocycles. The van der Waals surface area contributed by atoms with Gasteiger partial charge in [-0.3, -0.25) is 0 Å². The molecule has 2 rings (SSSR count). The van der Waals surface area contributed by atoms with Crippen LogP contribution < -0.4 is 5.73 Å². The molecule has 2 heterocycles. The molecule has 0 fully saturated rings. The summed E-state index contributed by atoms with van der Waals surface area (Å²) in [6, 6.07) is 1.85. The number of pyridine rings is 1. The second-order valence-corrected chi connectivity index (χ2v) is 2.75. The van der Waals surface area contributed by atoms with E-state index in [1.807, 2.05) is 6.07 Å². The third-order valence-corrected chi connectivity index (χ3v) is 2.14. The minimum absolute atomic E-state index is 0.569. The van der Waals surface area contributed by atoms with Crippen molar-refractivity contribution in [1.29, 1.82) is 0 Å². The third-order valence-electron chi connectivity index (χ3n) is 1.27. The summed E-state index contributed by atoms with van der Waals surface area (Å²) in [5.74, 6) is 0.569. The van der Waals surface area contributed by atoms with Crippen LogP contribution in [-0.2, 0) is 0 Å². The van der Waals surface area contributed by atoms with E-state index in [1.54, 1.807) is 11.7 Å². The van der Waals surface area contributed by atoms with E-state index in [1.165, 1.54) is 11.3 Å². The summed E-state index contributed by atoms with van der Waals surface area (Å²) in [7, 11) is 0. The van der Waals surface area contributed by atoms with E-state index < -0.39 is 0 Å². The van der Waals surface area contributed by atoms with Crippen molar-refractivity contribution in [3.05, 3.63) is 17.8 Å². The van der Waals surface area contributed by atoms with Crippen molar-refractivity contribution in [3.8, 4) is 0 Å². The Bertz CT molecular complexity index is 355. The Morgan fingerprint density at radius 3 is 3.10 bits per heavy atom. The van der Waals surface area contributed by atoms with Crippen LogP contribution in [0, 0.1) is 0 Å². The SMILES string of the molecule is Nc1nccc2ncsc12. The molecule has 50 valence electrons. The van der Waals surface area contributed by atoms with Crippen LogP contribution in [0.5, 0.6) is 0 Å². The smallest absolute Gasteiger partial charge is 0.143 e. The summed E-state index contributed by atoms with van der Waals surface area (Å²) in [5.41, 5.74) is 8.25. The minimum atomic E-state index is 0.569. The van der Waals surface area contributed by atoms with Gasteiger partial charge in [0.1, 0.15) is 5.82 Å². The number of thiazole rings is 1. The lowest BCUT2D eigenvalue weighted by Gasteiger charge is -1.89. The fraction of sp³-hybridized carbons (Fsp3) is 0. The number of nitrogen functional groups attached to an aromatic ring is 1. The number of aromatic nitrogens is 2. The monoisotopic (exact) mass is 151 g/mol. The molecule has 3 nitrogen and oxygen atoms in total. The minimum Gasteiger partial charge on any atom is -0.382 e. The molecule has 2 N–H and O–H groups in total. The first-order chi connectivity index (χ1) is 4.88. The molecule has 0 aliphatic carbocycles. The van der Waals surface area contributed by atoms with Gasteiger partial charge in [-0.05, 0) is 6.07 Å². The first-order valence-electron chi connectivity index (χ1n) is 2.81. The summed E-state index contributed by atoms with van der Waals surface area (Å²) in [5, 5.41) is 0. The van der Waals surface area contributed by atoms with Crippen molar-refractivity contribution in [2.24, 2.45) is 0 Å². The van der Waals surface area contributed by atoms with Crippen LogP contribution in [-0.4, -0.2) is 9.97 Å². The Kier molecular flexibility index (Phi) is 1.07. The molecule has 0 unspecified atom stereocenters. The number of rotatable bonds is 0. The van der Waals surface area contributed by atoms with Gasteiger partial charge in [-0.2, -0.15) is 0 Å². The van der Waals surface area contributed by atoms with E-state index in [0.717, 1.165) is 10.2 Å². The lowest BCUT2D eigenvalue weighted by Crippen LogP contribution is -1.87. The predicted octanol–water partition coefficient (Wildman–Crippen LogP) is 1.27. The van der Waals surface area contributed by atoms with Crippen LogP contribution >= 0.6 is 11.3 Å². The van der Waals surface area contributed by atoms with Gasteiger partial charge in [0, 0.05) is 6.20 Å². The van der Waals surface area contributed by atoms with Crippen molar-refractivity contribution in [2.45, 2.75) is 0 Å². The van der Waals surface area contributed by atoms with Crippen LogP contribution in [0.2, 0.25) is 0 Å². The van der Waals surface area contributed by atoms with Gasteiger partial charge in [0.15, 0.2) is 0 Å². The molecule has 0 radical (unpaired) electrons. The second-order valence-electron chi connectivity index (χ2n) is 1.90. The molecule has 2 aromatic rings.